The molecule has 1 N–H and O–H groups in total. The summed E-state index contributed by atoms with van der Waals surface area (Å²) in [5.41, 5.74) is 2.72. The van der Waals surface area contributed by atoms with Crippen LogP contribution in [0.4, 0.5) is 4.39 Å². The van der Waals surface area contributed by atoms with Gasteiger partial charge in [0.05, 0.1) is 37.5 Å². The summed E-state index contributed by atoms with van der Waals surface area (Å²) in [6, 6.07) is 7.90. The van der Waals surface area contributed by atoms with Gasteiger partial charge in [-0.2, -0.15) is 5.10 Å². The van der Waals surface area contributed by atoms with Gasteiger partial charge in [-0.25, -0.2) is 14.4 Å². The Kier molecular flexibility index (Phi) is 7.57. The molecule has 9 nitrogen and oxygen atoms in total. The molecular weight excluding hydrogens is 561 g/mol. The Hall–Kier alpha value is -4.05. The Labute approximate surface area is 247 Å². The van der Waals surface area contributed by atoms with Gasteiger partial charge in [-0.1, -0.05) is 11.6 Å². The smallest absolute Gasteiger partial charge is 0.302 e. The van der Waals surface area contributed by atoms with Crippen molar-refractivity contribution >= 4 is 34.4 Å². The van der Waals surface area contributed by atoms with Gasteiger partial charge in [0.15, 0.2) is 5.82 Å². The lowest BCUT2D eigenvalue weighted by molar-refractivity contribution is -0.142. The summed E-state index contributed by atoms with van der Waals surface area (Å²) in [7, 11) is 1.47. The van der Waals surface area contributed by atoms with Crippen molar-refractivity contribution in [3.8, 4) is 17.1 Å². The number of methoxy groups -OCH3 is 1. The molecule has 2 aromatic heterocycles. The number of hydrogen-bond donors (Lipinski definition) is 1. The van der Waals surface area contributed by atoms with E-state index in [9.17, 15) is 14.0 Å². The maximum atomic E-state index is 14.0. The summed E-state index contributed by atoms with van der Waals surface area (Å²) in [4.78, 5) is 33.3. The zero-order valence-corrected chi connectivity index (χ0v) is 24.2. The average Bonchev–Trinajstić information content (AvgIpc) is 3.31. The van der Waals surface area contributed by atoms with Crippen molar-refractivity contribution in [2.75, 3.05) is 13.7 Å². The molecule has 2 aliphatic carbocycles. The molecule has 218 valence electrons. The van der Waals surface area contributed by atoms with Crippen molar-refractivity contribution in [3.05, 3.63) is 70.9 Å². The van der Waals surface area contributed by atoms with E-state index in [2.05, 4.69) is 20.4 Å². The SMILES string of the molecule is COc1cc(F)cc(-c2ncc(Cn3ncc4cc(Cl)cc(C(=O)NC5CC6(CC(CCOC(C)=O)C6)C5)c43)cn2)c1. The number of hydrogen-bond acceptors (Lipinski definition) is 7. The van der Waals surface area contributed by atoms with E-state index in [1.165, 1.54) is 26.2 Å². The van der Waals surface area contributed by atoms with Gasteiger partial charge in [0.25, 0.3) is 5.91 Å². The third-order valence-corrected chi connectivity index (χ3v) is 8.53. The van der Waals surface area contributed by atoms with Crippen molar-refractivity contribution in [1.82, 2.24) is 25.1 Å². The number of esters is 1. The molecule has 4 aromatic rings. The van der Waals surface area contributed by atoms with Crippen LogP contribution in [0.25, 0.3) is 22.3 Å². The molecule has 2 fully saturated rings. The molecule has 0 bridgehead atoms. The maximum absolute atomic E-state index is 14.0. The number of halogens is 2. The highest BCUT2D eigenvalue weighted by molar-refractivity contribution is 6.32. The predicted molar refractivity (Wildman–Crippen MR) is 155 cm³/mol. The first-order valence-corrected chi connectivity index (χ1v) is 14.3. The summed E-state index contributed by atoms with van der Waals surface area (Å²) in [6.07, 6.45) is 10.0. The van der Waals surface area contributed by atoms with Crippen LogP contribution in [0.2, 0.25) is 5.02 Å². The van der Waals surface area contributed by atoms with Crippen LogP contribution < -0.4 is 10.1 Å². The molecule has 11 heteroatoms. The van der Waals surface area contributed by atoms with E-state index in [0.29, 0.717) is 57.7 Å². The van der Waals surface area contributed by atoms with Gasteiger partial charge in [-0.15, -0.1) is 0 Å². The van der Waals surface area contributed by atoms with E-state index in [1.807, 2.05) is 0 Å². The normalized spacial score (nSPS) is 21.0. The molecule has 1 amide bonds. The monoisotopic (exact) mass is 591 g/mol. The van der Waals surface area contributed by atoms with Crippen LogP contribution in [0, 0.1) is 17.2 Å². The molecule has 2 saturated carbocycles. The number of carbonyl (C=O) groups is 2. The zero-order valence-electron chi connectivity index (χ0n) is 23.4. The number of amides is 1. The fourth-order valence-corrected chi connectivity index (χ4v) is 6.71. The molecular formula is C31H31ClFN5O4. The van der Waals surface area contributed by atoms with Crippen LogP contribution in [0.3, 0.4) is 0 Å². The van der Waals surface area contributed by atoms with Crippen LogP contribution >= 0.6 is 11.6 Å². The van der Waals surface area contributed by atoms with E-state index in [1.54, 1.807) is 41.5 Å². The molecule has 0 unspecified atom stereocenters. The molecule has 2 heterocycles. The van der Waals surface area contributed by atoms with Gasteiger partial charge in [0, 0.05) is 53.0 Å². The third kappa shape index (κ3) is 5.81. The van der Waals surface area contributed by atoms with Crippen LogP contribution in [-0.2, 0) is 16.1 Å². The largest absolute Gasteiger partial charge is 0.497 e. The second-order valence-corrected chi connectivity index (χ2v) is 11.9. The number of rotatable bonds is 9. The summed E-state index contributed by atoms with van der Waals surface area (Å²) >= 11 is 6.38. The highest BCUT2D eigenvalue weighted by Gasteiger charge is 2.52. The minimum Gasteiger partial charge on any atom is -0.497 e. The first-order chi connectivity index (χ1) is 20.2. The van der Waals surface area contributed by atoms with Crippen LogP contribution in [0.5, 0.6) is 5.75 Å². The quantitative estimate of drug-likeness (QED) is 0.253. The molecule has 0 saturated heterocycles. The van der Waals surface area contributed by atoms with E-state index in [4.69, 9.17) is 21.1 Å². The number of nitrogens with zero attached hydrogens (tertiary/aromatic N) is 4. The molecule has 1 spiro atoms. The van der Waals surface area contributed by atoms with Gasteiger partial charge >= 0.3 is 5.97 Å². The van der Waals surface area contributed by atoms with Crippen molar-refractivity contribution in [2.45, 2.75) is 51.6 Å². The lowest BCUT2D eigenvalue weighted by Crippen LogP contribution is -2.56. The summed E-state index contributed by atoms with van der Waals surface area (Å²) in [5.74, 6) is 0.485. The number of fused-ring (bicyclic) bond motifs is 1. The molecule has 0 atom stereocenters. The standard InChI is InChI=1S/C31H31ClFN5O4/c1-18(39)42-4-3-19-10-31(11-19)12-25(13-31)37-30(40)27-8-23(32)5-22-16-36-38(28(22)27)17-20-14-34-29(35-15-20)21-6-24(33)9-26(7-21)41-2/h5-9,14-16,19,25H,3-4,10-13,17H2,1-2H3,(H,37,40). The Morgan fingerprint density at radius 1 is 1.10 bits per heavy atom. The number of nitrogens with one attached hydrogen (secondary N) is 1. The topological polar surface area (TPSA) is 108 Å². The van der Waals surface area contributed by atoms with Crippen LogP contribution in [0.1, 0.15) is 54.9 Å². The molecule has 0 aliphatic heterocycles. The van der Waals surface area contributed by atoms with Gasteiger partial charge in [-0.05, 0) is 67.7 Å². The Morgan fingerprint density at radius 3 is 2.57 bits per heavy atom. The molecule has 42 heavy (non-hydrogen) atoms. The number of benzene rings is 2. The van der Waals surface area contributed by atoms with Gasteiger partial charge in [-0.3, -0.25) is 14.3 Å². The van der Waals surface area contributed by atoms with Crippen LogP contribution in [0.15, 0.2) is 48.9 Å². The van der Waals surface area contributed by atoms with E-state index in [-0.39, 0.29) is 17.9 Å². The maximum Gasteiger partial charge on any atom is 0.302 e. The Morgan fingerprint density at radius 2 is 1.86 bits per heavy atom. The average molecular weight is 592 g/mol. The highest BCUT2D eigenvalue weighted by Crippen LogP contribution is 2.59. The Balaban J connectivity index is 1.12. The van der Waals surface area contributed by atoms with Gasteiger partial charge in [0.1, 0.15) is 11.6 Å². The summed E-state index contributed by atoms with van der Waals surface area (Å²) in [6.45, 7) is 2.24. The van der Waals surface area contributed by atoms with Gasteiger partial charge in [0.2, 0.25) is 0 Å². The summed E-state index contributed by atoms with van der Waals surface area (Å²) < 4.78 is 25.9. The molecule has 2 aliphatic rings. The predicted octanol–water partition coefficient (Wildman–Crippen LogP) is 5.58. The molecule has 2 aromatic carbocycles. The van der Waals surface area contributed by atoms with E-state index in [0.717, 1.165) is 43.1 Å². The number of aromatic nitrogens is 4. The molecule has 6 rings (SSSR count). The number of ether oxygens (including phenoxy) is 2. The fraction of sp³-hybridized carbons (Fsp3) is 0.387. The van der Waals surface area contributed by atoms with Crippen molar-refractivity contribution < 1.29 is 23.5 Å². The highest BCUT2D eigenvalue weighted by atomic mass is 35.5. The second-order valence-electron chi connectivity index (χ2n) is 11.5. The fourth-order valence-electron chi connectivity index (χ4n) is 6.48. The number of carbonyl (C=O) groups excluding carboxylic acids is 2. The first kappa shape index (κ1) is 28.1. The van der Waals surface area contributed by atoms with Crippen molar-refractivity contribution in [1.29, 1.82) is 0 Å². The van der Waals surface area contributed by atoms with Gasteiger partial charge < -0.3 is 14.8 Å². The lowest BCUT2D eigenvalue weighted by atomic mass is 9.49. The first-order valence-electron chi connectivity index (χ1n) is 14.0. The third-order valence-electron chi connectivity index (χ3n) is 8.31. The minimum atomic E-state index is -0.435. The zero-order chi connectivity index (χ0) is 29.4. The van der Waals surface area contributed by atoms with E-state index >= 15 is 0 Å². The lowest BCUT2D eigenvalue weighted by Gasteiger charge is -2.58. The van der Waals surface area contributed by atoms with E-state index < -0.39 is 5.82 Å². The second kappa shape index (κ2) is 11.3. The Bertz CT molecular complexity index is 1640. The van der Waals surface area contributed by atoms with Crippen molar-refractivity contribution in [2.24, 2.45) is 11.3 Å². The van der Waals surface area contributed by atoms with Crippen LogP contribution in [-0.4, -0.2) is 51.4 Å². The minimum absolute atomic E-state index is 0.111. The van der Waals surface area contributed by atoms with Crippen molar-refractivity contribution in [3.63, 3.8) is 0 Å². The molecule has 0 radical (unpaired) electrons. The summed E-state index contributed by atoms with van der Waals surface area (Å²) in [5, 5.41) is 8.94.